The molecule has 0 amide bonds. The average molecular weight is 214 g/mol. The standard InChI is InChI=1S/C12H22O3/c1-3-11-5-4-6-12(15-11)8-10(13)7-9(2)14-12/h9-11,13H,3-8H2,1-2H3/t9-,10+,11+,12+/m0/s1. The Morgan fingerprint density at radius 3 is 2.87 bits per heavy atom. The molecule has 2 heterocycles. The normalized spacial score (nSPS) is 47.0. The summed E-state index contributed by atoms with van der Waals surface area (Å²) in [7, 11) is 0. The van der Waals surface area contributed by atoms with E-state index in [9.17, 15) is 5.11 Å². The van der Waals surface area contributed by atoms with Crippen LogP contribution in [0.2, 0.25) is 0 Å². The van der Waals surface area contributed by atoms with Crippen LogP contribution < -0.4 is 0 Å². The first-order valence-electron chi connectivity index (χ1n) is 6.17. The summed E-state index contributed by atoms with van der Waals surface area (Å²) >= 11 is 0. The van der Waals surface area contributed by atoms with E-state index in [0.717, 1.165) is 32.1 Å². The third-order valence-electron chi connectivity index (χ3n) is 3.49. The van der Waals surface area contributed by atoms with E-state index in [4.69, 9.17) is 9.47 Å². The molecule has 15 heavy (non-hydrogen) atoms. The Morgan fingerprint density at radius 1 is 1.40 bits per heavy atom. The summed E-state index contributed by atoms with van der Waals surface area (Å²) in [6.07, 6.45) is 5.81. The largest absolute Gasteiger partial charge is 0.393 e. The van der Waals surface area contributed by atoms with Gasteiger partial charge in [-0.3, -0.25) is 0 Å². The van der Waals surface area contributed by atoms with Crippen LogP contribution in [0.1, 0.15) is 52.4 Å². The first-order valence-corrected chi connectivity index (χ1v) is 6.17. The van der Waals surface area contributed by atoms with Crippen molar-refractivity contribution in [2.24, 2.45) is 0 Å². The molecule has 0 aliphatic carbocycles. The highest BCUT2D eigenvalue weighted by atomic mass is 16.7. The SMILES string of the molecule is CC[C@@H]1CCC[C@]2(C[C@H](O)C[C@H](C)O2)O1. The molecule has 4 atom stereocenters. The number of hydrogen-bond donors (Lipinski definition) is 1. The Hall–Kier alpha value is -0.120. The van der Waals surface area contributed by atoms with Crippen LogP contribution in [0.25, 0.3) is 0 Å². The molecule has 88 valence electrons. The van der Waals surface area contributed by atoms with Gasteiger partial charge in [0.05, 0.1) is 18.3 Å². The lowest BCUT2D eigenvalue weighted by Crippen LogP contribution is -2.51. The van der Waals surface area contributed by atoms with E-state index in [1.807, 2.05) is 6.92 Å². The lowest BCUT2D eigenvalue weighted by atomic mass is 9.91. The van der Waals surface area contributed by atoms with Gasteiger partial charge >= 0.3 is 0 Å². The topological polar surface area (TPSA) is 38.7 Å². The van der Waals surface area contributed by atoms with E-state index in [1.54, 1.807) is 0 Å². The maximum Gasteiger partial charge on any atom is 0.171 e. The van der Waals surface area contributed by atoms with E-state index < -0.39 is 5.79 Å². The molecule has 0 aromatic rings. The van der Waals surface area contributed by atoms with Crippen molar-refractivity contribution in [3.05, 3.63) is 0 Å². The molecular formula is C12H22O3. The summed E-state index contributed by atoms with van der Waals surface area (Å²) in [6.45, 7) is 4.16. The molecule has 2 saturated heterocycles. The van der Waals surface area contributed by atoms with E-state index >= 15 is 0 Å². The van der Waals surface area contributed by atoms with Crippen LogP contribution in [0.3, 0.4) is 0 Å². The molecule has 1 spiro atoms. The number of rotatable bonds is 1. The summed E-state index contributed by atoms with van der Waals surface area (Å²) in [6, 6.07) is 0. The summed E-state index contributed by atoms with van der Waals surface area (Å²) in [5, 5.41) is 9.80. The van der Waals surface area contributed by atoms with Crippen molar-refractivity contribution in [3.8, 4) is 0 Å². The smallest absolute Gasteiger partial charge is 0.171 e. The molecule has 0 unspecified atom stereocenters. The summed E-state index contributed by atoms with van der Waals surface area (Å²) in [4.78, 5) is 0. The quantitative estimate of drug-likeness (QED) is 0.727. The Balaban J connectivity index is 2.04. The minimum atomic E-state index is -0.476. The zero-order valence-electron chi connectivity index (χ0n) is 9.74. The van der Waals surface area contributed by atoms with Crippen molar-refractivity contribution >= 4 is 0 Å². The predicted octanol–water partition coefficient (Wildman–Crippen LogP) is 2.22. The zero-order valence-corrected chi connectivity index (χ0v) is 9.74. The van der Waals surface area contributed by atoms with E-state index in [2.05, 4.69) is 6.92 Å². The van der Waals surface area contributed by atoms with Crippen molar-refractivity contribution in [1.29, 1.82) is 0 Å². The number of aliphatic hydroxyl groups is 1. The Kier molecular flexibility index (Phi) is 3.33. The van der Waals surface area contributed by atoms with Crippen molar-refractivity contribution in [2.75, 3.05) is 0 Å². The molecule has 0 aromatic carbocycles. The first-order chi connectivity index (χ1) is 7.13. The van der Waals surface area contributed by atoms with Crippen LogP contribution >= 0.6 is 0 Å². The van der Waals surface area contributed by atoms with E-state index in [0.29, 0.717) is 12.5 Å². The van der Waals surface area contributed by atoms with Gasteiger partial charge in [-0.25, -0.2) is 0 Å². The van der Waals surface area contributed by atoms with Gasteiger partial charge < -0.3 is 14.6 Å². The van der Waals surface area contributed by atoms with Crippen molar-refractivity contribution in [2.45, 2.75) is 76.5 Å². The lowest BCUT2D eigenvalue weighted by molar-refractivity contribution is -0.324. The summed E-state index contributed by atoms with van der Waals surface area (Å²) in [5.74, 6) is -0.476. The van der Waals surface area contributed by atoms with Crippen LogP contribution in [0.4, 0.5) is 0 Å². The lowest BCUT2D eigenvalue weighted by Gasteiger charge is -2.46. The molecule has 3 nitrogen and oxygen atoms in total. The predicted molar refractivity (Wildman–Crippen MR) is 57.5 cm³/mol. The van der Waals surface area contributed by atoms with Crippen LogP contribution in [0, 0.1) is 0 Å². The van der Waals surface area contributed by atoms with Gasteiger partial charge in [-0.15, -0.1) is 0 Å². The Labute approximate surface area is 91.8 Å². The third-order valence-corrected chi connectivity index (χ3v) is 3.49. The number of ether oxygens (including phenoxy) is 2. The first kappa shape index (κ1) is 11.4. The van der Waals surface area contributed by atoms with E-state index in [-0.39, 0.29) is 12.2 Å². The number of hydrogen-bond acceptors (Lipinski definition) is 3. The fraction of sp³-hybridized carbons (Fsp3) is 1.00. The minimum Gasteiger partial charge on any atom is -0.393 e. The van der Waals surface area contributed by atoms with Gasteiger partial charge in [0.15, 0.2) is 5.79 Å². The molecule has 2 aliphatic heterocycles. The Morgan fingerprint density at radius 2 is 2.20 bits per heavy atom. The van der Waals surface area contributed by atoms with Crippen molar-refractivity contribution in [1.82, 2.24) is 0 Å². The van der Waals surface area contributed by atoms with Gasteiger partial charge in [0.2, 0.25) is 0 Å². The maximum atomic E-state index is 9.80. The van der Waals surface area contributed by atoms with Gasteiger partial charge in [0.1, 0.15) is 0 Å². The van der Waals surface area contributed by atoms with Gasteiger partial charge in [-0.2, -0.15) is 0 Å². The number of aliphatic hydroxyl groups excluding tert-OH is 1. The molecule has 2 aliphatic rings. The monoisotopic (exact) mass is 214 g/mol. The molecule has 1 N–H and O–H groups in total. The molecule has 2 fully saturated rings. The molecular weight excluding hydrogens is 192 g/mol. The van der Waals surface area contributed by atoms with Gasteiger partial charge in [0, 0.05) is 12.8 Å². The highest BCUT2D eigenvalue weighted by molar-refractivity contribution is 4.86. The van der Waals surface area contributed by atoms with Crippen LogP contribution in [0.5, 0.6) is 0 Å². The molecule has 0 aromatic heterocycles. The highest BCUT2D eigenvalue weighted by Gasteiger charge is 2.44. The minimum absolute atomic E-state index is 0.115. The zero-order chi connectivity index (χ0) is 10.9. The molecule has 0 bridgehead atoms. The molecule has 0 saturated carbocycles. The van der Waals surface area contributed by atoms with E-state index in [1.165, 1.54) is 0 Å². The van der Waals surface area contributed by atoms with Gasteiger partial charge in [-0.1, -0.05) is 6.92 Å². The Bertz CT molecular complexity index is 207. The molecule has 2 rings (SSSR count). The molecule has 3 heteroatoms. The van der Waals surface area contributed by atoms with Crippen molar-refractivity contribution in [3.63, 3.8) is 0 Å². The second-order valence-corrected chi connectivity index (χ2v) is 4.97. The second kappa shape index (κ2) is 4.40. The summed E-state index contributed by atoms with van der Waals surface area (Å²) in [5.41, 5.74) is 0. The van der Waals surface area contributed by atoms with Gasteiger partial charge in [0.25, 0.3) is 0 Å². The summed E-state index contributed by atoms with van der Waals surface area (Å²) < 4.78 is 12.0. The third kappa shape index (κ3) is 2.52. The highest BCUT2D eigenvalue weighted by Crippen LogP contribution is 2.39. The van der Waals surface area contributed by atoms with Gasteiger partial charge in [-0.05, 0) is 32.6 Å². The molecule has 0 radical (unpaired) electrons. The van der Waals surface area contributed by atoms with Crippen LogP contribution in [-0.2, 0) is 9.47 Å². The average Bonchev–Trinajstić information content (AvgIpc) is 2.15. The van der Waals surface area contributed by atoms with Crippen LogP contribution in [-0.4, -0.2) is 29.2 Å². The fourth-order valence-corrected chi connectivity index (χ4v) is 2.83. The fourth-order valence-electron chi connectivity index (χ4n) is 2.83. The van der Waals surface area contributed by atoms with Crippen molar-refractivity contribution < 1.29 is 14.6 Å². The second-order valence-electron chi connectivity index (χ2n) is 4.97. The van der Waals surface area contributed by atoms with Crippen LogP contribution in [0.15, 0.2) is 0 Å². The maximum absolute atomic E-state index is 9.80.